The maximum atomic E-state index is 5.48. The number of halogens is 1. The zero-order valence-electron chi connectivity index (χ0n) is 15.7. The Morgan fingerprint density at radius 2 is 1.93 bits per heavy atom. The molecule has 0 atom stereocenters. The number of aromatic nitrogens is 4. The maximum Gasteiger partial charge on any atom is 0.196 e. The molecule has 0 saturated heterocycles. The highest BCUT2D eigenvalue weighted by atomic mass is 79.9. The first kappa shape index (κ1) is 19.9. The summed E-state index contributed by atoms with van der Waals surface area (Å²) >= 11 is 6.69. The van der Waals surface area contributed by atoms with Crippen molar-refractivity contribution in [1.29, 1.82) is 0 Å². The number of hydrogen-bond acceptors (Lipinski definition) is 7. The quantitative estimate of drug-likeness (QED) is 0.321. The molecule has 0 aliphatic heterocycles. The Kier molecular flexibility index (Phi) is 6.17. The lowest BCUT2D eigenvalue weighted by molar-refractivity contribution is 0.412. The van der Waals surface area contributed by atoms with Gasteiger partial charge in [-0.1, -0.05) is 39.8 Å². The Morgan fingerprint density at radius 3 is 2.76 bits per heavy atom. The normalized spacial score (nSPS) is 10.9. The number of thioether (sulfide) groups is 1. The van der Waals surface area contributed by atoms with E-state index in [2.05, 4.69) is 31.5 Å². The van der Waals surface area contributed by atoms with E-state index in [-0.39, 0.29) is 0 Å². The molecule has 0 unspecified atom stereocenters. The SMILES string of the molecule is COc1ccc(Br)cc1-c1nc(CSc2nncn2-c2ccccc2OC)cs1. The van der Waals surface area contributed by atoms with E-state index >= 15 is 0 Å². The molecule has 0 aliphatic carbocycles. The van der Waals surface area contributed by atoms with Crippen molar-refractivity contribution in [3.8, 4) is 27.8 Å². The van der Waals surface area contributed by atoms with Crippen LogP contribution in [0.3, 0.4) is 0 Å². The molecular formula is C20H17BrN4O2S2. The first-order chi connectivity index (χ1) is 14.2. The molecule has 0 fully saturated rings. The smallest absolute Gasteiger partial charge is 0.196 e. The molecule has 0 aliphatic rings. The van der Waals surface area contributed by atoms with Crippen molar-refractivity contribution in [2.24, 2.45) is 0 Å². The maximum absolute atomic E-state index is 5.48. The number of para-hydroxylation sites is 2. The van der Waals surface area contributed by atoms with Gasteiger partial charge in [0.2, 0.25) is 0 Å². The molecule has 4 aromatic rings. The van der Waals surface area contributed by atoms with E-state index in [1.807, 2.05) is 47.0 Å². The van der Waals surface area contributed by atoms with Crippen molar-refractivity contribution in [3.63, 3.8) is 0 Å². The molecule has 0 spiro atoms. The van der Waals surface area contributed by atoms with Gasteiger partial charge in [0.05, 0.1) is 31.2 Å². The van der Waals surface area contributed by atoms with Gasteiger partial charge in [-0.2, -0.15) is 0 Å². The summed E-state index contributed by atoms with van der Waals surface area (Å²) in [6, 6.07) is 13.7. The van der Waals surface area contributed by atoms with Gasteiger partial charge in [0.25, 0.3) is 0 Å². The average Bonchev–Trinajstić information content (AvgIpc) is 3.41. The van der Waals surface area contributed by atoms with Gasteiger partial charge in [0.15, 0.2) is 5.16 Å². The van der Waals surface area contributed by atoms with Gasteiger partial charge in [-0.15, -0.1) is 21.5 Å². The summed E-state index contributed by atoms with van der Waals surface area (Å²) in [7, 11) is 3.32. The highest BCUT2D eigenvalue weighted by Gasteiger charge is 2.14. The van der Waals surface area contributed by atoms with E-state index in [1.165, 1.54) is 0 Å². The van der Waals surface area contributed by atoms with Crippen molar-refractivity contribution in [1.82, 2.24) is 19.7 Å². The summed E-state index contributed by atoms with van der Waals surface area (Å²) in [6.07, 6.45) is 1.69. The van der Waals surface area contributed by atoms with E-state index in [0.717, 1.165) is 43.1 Å². The fourth-order valence-electron chi connectivity index (χ4n) is 2.80. The lowest BCUT2D eigenvalue weighted by Gasteiger charge is -2.10. The summed E-state index contributed by atoms with van der Waals surface area (Å²) in [6.45, 7) is 0. The van der Waals surface area contributed by atoms with Crippen molar-refractivity contribution >= 4 is 39.0 Å². The number of benzene rings is 2. The number of nitrogens with zero attached hydrogens (tertiary/aromatic N) is 4. The van der Waals surface area contributed by atoms with E-state index in [9.17, 15) is 0 Å². The van der Waals surface area contributed by atoms with Gasteiger partial charge in [-0.05, 0) is 30.3 Å². The van der Waals surface area contributed by atoms with Gasteiger partial charge in [0, 0.05) is 15.6 Å². The Labute approximate surface area is 185 Å². The van der Waals surface area contributed by atoms with E-state index in [1.54, 1.807) is 43.6 Å². The molecule has 0 saturated carbocycles. The molecule has 148 valence electrons. The minimum atomic E-state index is 0.681. The largest absolute Gasteiger partial charge is 0.496 e. The van der Waals surface area contributed by atoms with E-state index in [0.29, 0.717) is 5.75 Å². The molecule has 2 aromatic carbocycles. The Hall–Kier alpha value is -2.36. The van der Waals surface area contributed by atoms with Crippen LogP contribution in [-0.4, -0.2) is 34.0 Å². The third-order valence-electron chi connectivity index (χ3n) is 4.15. The Balaban J connectivity index is 1.54. The minimum Gasteiger partial charge on any atom is -0.496 e. The second kappa shape index (κ2) is 8.98. The van der Waals surface area contributed by atoms with Crippen molar-refractivity contribution in [2.45, 2.75) is 10.9 Å². The molecule has 2 heterocycles. The fourth-order valence-corrected chi connectivity index (χ4v) is 4.92. The summed E-state index contributed by atoms with van der Waals surface area (Å²) in [5, 5.41) is 12.1. The highest BCUT2D eigenvalue weighted by molar-refractivity contribution is 9.10. The Bertz CT molecular complexity index is 1130. The lowest BCUT2D eigenvalue weighted by atomic mass is 10.2. The van der Waals surface area contributed by atoms with Crippen molar-refractivity contribution < 1.29 is 9.47 Å². The topological polar surface area (TPSA) is 62.1 Å². The van der Waals surface area contributed by atoms with E-state index < -0.39 is 0 Å². The Morgan fingerprint density at radius 1 is 1.10 bits per heavy atom. The molecule has 2 aromatic heterocycles. The van der Waals surface area contributed by atoms with Crippen LogP contribution >= 0.6 is 39.0 Å². The third-order valence-corrected chi connectivity index (χ3v) is 6.55. The number of hydrogen-bond donors (Lipinski definition) is 0. The van der Waals surface area contributed by atoms with Gasteiger partial charge in [-0.25, -0.2) is 4.98 Å². The number of methoxy groups -OCH3 is 2. The van der Waals surface area contributed by atoms with Crippen LogP contribution in [0.2, 0.25) is 0 Å². The zero-order chi connectivity index (χ0) is 20.2. The molecule has 6 nitrogen and oxygen atoms in total. The molecule has 29 heavy (non-hydrogen) atoms. The van der Waals surface area contributed by atoms with Crippen LogP contribution in [0.4, 0.5) is 0 Å². The van der Waals surface area contributed by atoms with Crippen LogP contribution in [0.25, 0.3) is 16.3 Å². The summed E-state index contributed by atoms with van der Waals surface area (Å²) < 4.78 is 13.9. The summed E-state index contributed by atoms with van der Waals surface area (Å²) in [5.74, 6) is 2.25. The number of ether oxygens (including phenoxy) is 2. The first-order valence-corrected chi connectivity index (χ1v) is 11.3. The summed E-state index contributed by atoms with van der Waals surface area (Å²) in [5.41, 5.74) is 2.85. The number of rotatable bonds is 7. The minimum absolute atomic E-state index is 0.681. The highest BCUT2D eigenvalue weighted by Crippen LogP contribution is 2.35. The molecule has 0 amide bonds. The van der Waals surface area contributed by atoms with Crippen molar-refractivity contribution in [3.05, 3.63) is 64.3 Å². The van der Waals surface area contributed by atoms with Crippen LogP contribution < -0.4 is 9.47 Å². The molecule has 4 rings (SSSR count). The zero-order valence-corrected chi connectivity index (χ0v) is 18.9. The fraction of sp³-hybridized carbons (Fsp3) is 0.150. The van der Waals surface area contributed by atoms with Gasteiger partial charge >= 0.3 is 0 Å². The number of thiazole rings is 1. The molecule has 9 heteroatoms. The molecule has 0 N–H and O–H groups in total. The molecule has 0 bridgehead atoms. The standard InChI is InChI=1S/C20H17BrN4O2S2/c1-26-17-8-7-13(21)9-15(17)19-23-14(10-28-19)11-29-20-24-22-12-25(20)16-5-3-4-6-18(16)27-2/h3-10,12H,11H2,1-2H3. The molecule has 0 radical (unpaired) electrons. The monoisotopic (exact) mass is 488 g/mol. The van der Waals surface area contributed by atoms with Crippen LogP contribution in [-0.2, 0) is 5.75 Å². The van der Waals surface area contributed by atoms with Gasteiger partial charge in [0.1, 0.15) is 22.8 Å². The van der Waals surface area contributed by atoms with Crippen molar-refractivity contribution in [2.75, 3.05) is 14.2 Å². The molecular weight excluding hydrogens is 472 g/mol. The van der Waals surface area contributed by atoms with Gasteiger partial charge in [-0.3, -0.25) is 4.57 Å². The van der Waals surface area contributed by atoms with Gasteiger partial charge < -0.3 is 9.47 Å². The predicted octanol–water partition coefficient (Wildman–Crippen LogP) is 5.46. The first-order valence-electron chi connectivity index (χ1n) is 8.64. The van der Waals surface area contributed by atoms with Crippen LogP contribution in [0.1, 0.15) is 5.69 Å². The van der Waals surface area contributed by atoms with Crippen LogP contribution in [0.15, 0.2) is 63.8 Å². The summed E-state index contributed by atoms with van der Waals surface area (Å²) in [4.78, 5) is 4.78. The lowest BCUT2D eigenvalue weighted by Crippen LogP contribution is -1.98. The second-order valence-electron chi connectivity index (χ2n) is 5.93. The third kappa shape index (κ3) is 4.31. The van der Waals surface area contributed by atoms with Crippen LogP contribution in [0.5, 0.6) is 11.5 Å². The predicted molar refractivity (Wildman–Crippen MR) is 119 cm³/mol. The van der Waals surface area contributed by atoms with E-state index in [4.69, 9.17) is 14.5 Å². The average molecular weight is 489 g/mol. The second-order valence-corrected chi connectivity index (χ2v) is 8.65. The van der Waals surface area contributed by atoms with Crippen LogP contribution in [0, 0.1) is 0 Å².